The summed E-state index contributed by atoms with van der Waals surface area (Å²) in [6.07, 6.45) is 3.96. The van der Waals surface area contributed by atoms with Crippen molar-refractivity contribution in [3.05, 3.63) is 26.2 Å². The summed E-state index contributed by atoms with van der Waals surface area (Å²) in [5, 5.41) is 0. The maximum absolute atomic E-state index is 12.8. The Bertz CT molecular complexity index is 747. The second-order valence-electron chi connectivity index (χ2n) is 5.89. The Morgan fingerprint density at radius 3 is 2.96 bits per heavy atom. The van der Waals surface area contributed by atoms with Gasteiger partial charge in [-0.1, -0.05) is 24.0 Å². The minimum Gasteiger partial charge on any atom is -0.493 e. The van der Waals surface area contributed by atoms with Crippen LogP contribution in [0.3, 0.4) is 0 Å². The van der Waals surface area contributed by atoms with Crippen molar-refractivity contribution in [3.8, 4) is 11.5 Å². The highest BCUT2D eigenvalue weighted by Gasteiger charge is 2.34. The first-order valence-electron chi connectivity index (χ1n) is 8.40. The molecular weight excluding hydrogens is 485 g/mol. The standard InChI is InChI=1S/C18H20INO4S2/c1-3-23-16-13(19)7-11(8-14(16)22-2)9-15-17(21)20(18(25)26-15)10-12-5-4-6-24-12/h7-9,12H,3-6,10H2,1-2H3/b15-9-/t12-/m1/s1. The molecule has 8 heteroatoms. The summed E-state index contributed by atoms with van der Waals surface area (Å²) < 4.78 is 18.2. The van der Waals surface area contributed by atoms with Crippen LogP contribution in [0.4, 0.5) is 0 Å². The van der Waals surface area contributed by atoms with Gasteiger partial charge in [0.25, 0.3) is 5.91 Å². The average Bonchev–Trinajstić information content (AvgIpc) is 3.21. The molecule has 2 aliphatic rings. The first kappa shape index (κ1) is 19.9. The average molecular weight is 505 g/mol. The van der Waals surface area contributed by atoms with E-state index in [-0.39, 0.29) is 12.0 Å². The summed E-state index contributed by atoms with van der Waals surface area (Å²) in [6, 6.07) is 3.85. The van der Waals surface area contributed by atoms with Gasteiger partial charge in [0.15, 0.2) is 11.5 Å². The summed E-state index contributed by atoms with van der Waals surface area (Å²) in [4.78, 5) is 15.0. The third-order valence-electron chi connectivity index (χ3n) is 4.12. The number of benzene rings is 1. The number of thiocarbonyl (C=S) groups is 1. The van der Waals surface area contributed by atoms with Crippen molar-refractivity contribution in [2.45, 2.75) is 25.9 Å². The van der Waals surface area contributed by atoms with Crippen molar-refractivity contribution < 1.29 is 19.0 Å². The van der Waals surface area contributed by atoms with Gasteiger partial charge in [0.1, 0.15) is 4.32 Å². The van der Waals surface area contributed by atoms with Crippen LogP contribution in [0.5, 0.6) is 11.5 Å². The largest absolute Gasteiger partial charge is 0.493 e. The molecule has 0 saturated carbocycles. The molecule has 1 aromatic rings. The van der Waals surface area contributed by atoms with Crippen LogP contribution in [0.1, 0.15) is 25.3 Å². The minimum absolute atomic E-state index is 0.0571. The Balaban J connectivity index is 1.82. The molecule has 1 atom stereocenters. The second kappa shape index (κ2) is 8.90. The molecule has 0 aliphatic carbocycles. The van der Waals surface area contributed by atoms with Crippen LogP contribution in [-0.4, -0.2) is 48.1 Å². The zero-order chi connectivity index (χ0) is 18.7. The van der Waals surface area contributed by atoms with Crippen molar-refractivity contribution in [2.75, 3.05) is 26.9 Å². The summed E-state index contributed by atoms with van der Waals surface area (Å²) in [6.45, 7) is 3.79. The van der Waals surface area contributed by atoms with Crippen molar-refractivity contribution in [1.82, 2.24) is 4.90 Å². The molecule has 0 N–H and O–H groups in total. The highest BCUT2D eigenvalue weighted by molar-refractivity contribution is 14.1. The molecule has 1 amide bonds. The molecule has 2 saturated heterocycles. The van der Waals surface area contributed by atoms with Crippen molar-refractivity contribution in [2.24, 2.45) is 0 Å². The van der Waals surface area contributed by atoms with E-state index in [2.05, 4.69) is 22.6 Å². The number of ether oxygens (including phenoxy) is 3. The van der Waals surface area contributed by atoms with Crippen molar-refractivity contribution in [1.29, 1.82) is 0 Å². The van der Waals surface area contributed by atoms with E-state index in [1.807, 2.05) is 25.1 Å². The first-order valence-corrected chi connectivity index (χ1v) is 10.7. The van der Waals surface area contributed by atoms with Crippen LogP contribution in [-0.2, 0) is 9.53 Å². The molecule has 0 bridgehead atoms. The summed E-state index contributed by atoms with van der Waals surface area (Å²) in [5.74, 6) is 1.32. The van der Waals surface area contributed by atoms with Gasteiger partial charge >= 0.3 is 0 Å². The Morgan fingerprint density at radius 1 is 1.50 bits per heavy atom. The number of hydrogen-bond donors (Lipinski definition) is 0. The van der Waals surface area contributed by atoms with Gasteiger partial charge in [-0.05, 0) is 66.1 Å². The van der Waals surface area contributed by atoms with E-state index in [9.17, 15) is 4.79 Å². The van der Waals surface area contributed by atoms with E-state index in [0.717, 1.165) is 34.3 Å². The highest BCUT2D eigenvalue weighted by Crippen LogP contribution is 2.37. The lowest BCUT2D eigenvalue weighted by Gasteiger charge is -2.18. The Kier molecular flexibility index (Phi) is 6.81. The van der Waals surface area contributed by atoms with Gasteiger partial charge in [-0.3, -0.25) is 9.69 Å². The van der Waals surface area contributed by atoms with Gasteiger partial charge in [0.2, 0.25) is 0 Å². The van der Waals surface area contributed by atoms with Crippen LogP contribution in [0.25, 0.3) is 6.08 Å². The molecule has 2 fully saturated rings. The molecule has 3 rings (SSSR count). The molecule has 1 aromatic carbocycles. The third kappa shape index (κ3) is 4.35. The van der Waals surface area contributed by atoms with E-state index in [0.29, 0.717) is 28.1 Å². The van der Waals surface area contributed by atoms with Gasteiger partial charge in [-0.25, -0.2) is 0 Å². The molecule has 0 aromatic heterocycles. The van der Waals surface area contributed by atoms with Crippen LogP contribution in [0, 0.1) is 3.57 Å². The maximum Gasteiger partial charge on any atom is 0.266 e. The van der Waals surface area contributed by atoms with Gasteiger partial charge in [-0.15, -0.1) is 0 Å². The lowest BCUT2D eigenvalue weighted by atomic mass is 10.1. The smallest absolute Gasteiger partial charge is 0.266 e. The lowest BCUT2D eigenvalue weighted by molar-refractivity contribution is -0.123. The van der Waals surface area contributed by atoms with Gasteiger partial charge < -0.3 is 14.2 Å². The number of hydrogen-bond acceptors (Lipinski definition) is 6. The second-order valence-corrected chi connectivity index (χ2v) is 8.73. The van der Waals surface area contributed by atoms with Crippen LogP contribution in [0.15, 0.2) is 17.0 Å². The minimum atomic E-state index is -0.0571. The fourth-order valence-corrected chi connectivity index (χ4v) is 4.96. The molecular formula is C18H20INO4S2. The number of carbonyl (C=O) groups is 1. The number of amides is 1. The SMILES string of the molecule is CCOc1c(I)cc(/C=C2\SC(=S)N(C[C@H]3CCCO3)C2=O)cc1OC. The number of nitrogens with zero attached hydrogens (tertiary/aromatic N) is 1. The molecule has 140 valence electrons. The normalized spacial score (nSPS) is 21.7. The Morgan fingerprint density at radius 2 is 2.31 bits per heavy atom. The lowest BCUT2D eigenvalue weighted by Crippen LogP contribution is -2.35. The fraction of sp³-hybridized carbons (Fsp3) is 0.444. The number of rotatable bonds is 6. The van der Waals surface area contributed by atoms with Crippen molar-refractivity contribution in [3.63, 3.8) is 0 Å². The van der Waals surface area contributed by atoms with E-state index >= 15 is 0 Å². The third-order valence-corrected chi connectivity index (χ3v) is 6.30. The first-order chi connectivity index (χ1) is 12.5. The molecule has 0 radical (unpaired) electrons. The highest BCUT2D eigenvalue weighted by atomic mass is 127. The molecule has 0 spiro atoms. The number of methoxy groups -OCH3 is 1. The Hall–Kier alpha value is -0.840. The van der Waals surface area contributed by atoms with E-state index in [1.165, 1.54) is 11.8 Å². The zero-order valence-corrected chi connectivity index (χ0v) is 18.4. The summed E-state index contributed by atoms with van der Waals surface area (Å²) in [5.41, 5.74) is 0.882. The Labute approximate surface area is 176 Å². The van der Waals surface area contributed by atoms with E-state index in [4.69, 9.17) is 26.4 Å². The van der Waals surface area contributed by atoms with Crippen LogP contribution in [0.2, 0.25) is 0 Å². The molecule has 2 heterocycles. The van der Waals surface area contributed by atoms with E-state index < -0.39 is 0 Å². The molecule has 5 nitrogen and oxygen atoms in total. The van der Waals surface area contributed by atoms with Gasteiger partial charge in [0, 0.05) is 6.61 Å². The van der Waals surface area contributed by atoms with Gasteiger partial charge in [-0.2, -0.15) is 0 Å². The molecule has 26 heavy (non-hydrogen) atoms. The van der Waals surface area contributed by atoms with E-state index in [1.54, 1.807) is 12.0 Å². The summed E-state index contributed by atoms with van der Waals surface area (Å²) >= 11 is 8.95. The number of halogens is 1. The van der Waals surface area contributed by atoms with Crippen LogP contribution < -0.4 is 9.47 Å². The van der Waals surface area contributed by atoms with Crippen molar-refractivity contribution >= 4 is 62.9 Å². The monoisotopic (exact) mass is 505 g/mol. The predicted octanol–water partition coefficient (Wildman–Crippen LogP) is 4.08. The van der Waals surface area contributed by atoms with Crippen LogP contribution >= 0.6 is 46.6 Å². The zero-order valence-electron chi connectivity index (χ0n) is 14.6. The molecule has 0 unspecified atom stereocenters. The topological polar surface area (TPSA) is 48.0 Å². The fourth-order valence-electron chi connectivity index (χ4n) is 2.91. The molecule has 2 aliphatic heterocycles. The summed E-state index contributed by atoms with van der Waals surface area (Å²) in [7, 11) is 1.61. The predicted molar refractivity (Wildman–Crippen MR) is 116 cm³/mol. The maximum atomic E-state index is 12.8. The number of carbonyl (C=O) groups excluding carboxylic acids is 1. The van der Waals surface area contributed by atoms with Gasteiger partial charge in [0.05, 0.1) is 34.8 Å². The number of thioether (sulfide) groups is 1. The quantitative estimate of drug-likeness (QED) is 0.330.